The molecular weight excluding hydrogens is 528 g/mol. The van der Waals surface area contributed by atoms with Crippen LogP contribution in [0.25, 0.3) is 0 Å². The number of allylic oxidation sites excluding steroid dienone is 2. The van der Waals surface area contributed by atoms with Crippen LogP contribution in [-0.2, 0) is 16.1 Å². The van der Waals surface area contributed by atoms with E-state index in [9.17, 15) is 9.59 Å². The van der Waals surface area contributed by atoms with Gasteiger partial charge >= 0.3 is 0 Å². The minimum Gasteiger partial charge on any atom is -0.330 e. The number of carbonyl (C=O) groups is 2. The standard InChI is InChI=1S/C20H24ClN3O2S.C6H15N.C3H4.C2H6/c1-4-11-27-12-7-10-18-19(26)23(13-16-8-5-6-9-17(16)21)20(2,15-25)14-24(18)22-3;1-2-3-4-5-6-7;1-3-2;1-2/h4-6,8-11,15H,3,7,12-14H2,1-2H3;2-7H2,1H3;1H,2H3;1-2H3/b11-4-,18-10-;;;. The largest absolute Gasteiger partial charge is 0.330 e. The normalized spacial score (nSPS) is 17.2. The van der Waals surface area contributed by atoms with Crippen molar-refractivity contribution in [2.45, 2.75) is 85.7 Å². The van der Waals surface area contributed by atoms with E-state index in [0.717, 1.165) is 24.1 Å². The van der Waals surface area contributed by atoms with E-state index in [1.165, 1.54) is 30.7 Å². The highest BCUT2D eigenvalue weighted by Gasteiger charge is 2.44. The number of nitrogens with two attached hydrogens (primary N) is 1. The van der Waals surface area contributed by atoms with Gasteiger partial charge in [0.2, 0.25) is 0 Å². The molecule has 1 fully saturated rings. The number of amides is 1. The molecule has 1 aromatic carbocycles. The van der Waals surface area contributed by atoms with Crippen LogP contribution in [0.3, 0.4) is 0 Å². The van der Waals surface area contributed by atoms with Gasteiger partial charge in [-0.3, -0.25) is 9.80 Å². The van der Waals surface area contributed by atoms with Gasteiger partial charge in [-0.05, 0) is 57.2 Å². The van der Waals surface area contributed by atoms with Crippen molar-refractivity contribution in [3.05, 3.63) is 58.1 Å². The Morgan fingerprint density at radius 2 is 1.92 bits per heavy atom. The molecule has 2 rings (SSSR count). The monoisotopic (exact) mass is 576 g/mol. The molecule has 1 saturated heterocycles. The third kappa shape index (κ3) is 15.0. The summed E-state index contributed by atoms with van der Waals surface area (Å²) in [6.07, 6.45) is 15.1. The minimum absolute atomic E-state index is 0.251. The Bertz CT molecular complexity index is 925. The fraction of sp³-hybridized carbons (Fsp3) is 0.516. The third-order valence-electron chi connectivity index (χ3n) is 5.40. The first-order valence-corrected chi connectivity index (χ1v) is 15.0. The number of aldehydes is 1. The van der Waals surface area contributed by atoms with Gasteiger partial charge in [0.05, 0.1) is 6.54 Å². The summed E-state index contributed by atoms with van der Waals surface area (Å²) in [4.78, 5) is 26.6. The van der Waals surface area contributed by atoms with Crippen molar-refractivity contribution in [3.8, 4) is 12.3 Å². The van der Waals surface area contributed by atoms with Crippen LogP contribution in [0.2, 0.25) is 5.02 Å². The fourth-order valence-corrected chi connectivity index (χ4v) is 4.20. The first kappa shape index (κ1) is 38.6. The number of terminal acetylenes is 1. The maximum absolute atomic E-state index is 13.2. The van der Waals surface area contributed by atoms with E-state index in [0.29, 0.717) is 17.1 Å². The summed E-state index contributed by atoms with van der Waals surface area (Å²) in [5, 5.41) is 8.05. The summed E-state index contributed by atoms with van der Waals surface area (Å²) >= 11 is 7.94. The summed E-state index contributed by atoms with van der Waals surface area (Å²) in [6, 6.07) is 7.33. The summed E-state index contributed by atoms with van der Waals surface area (Å²) in [7, 11) is 0. The second-order valence-electron chi connectivity index (χ2n) is 8.51. The molecule has 1 atom stereocenters. The number of carbonyl (C=O) groups excluding carboxylic acids is 2. The van der Waals surface area contributed by atoms with Crippen LogP contribution in [0.15, 0.2) is 52.6 Å². The highest BCUT2D eigenvalue weighted by atomic mass is 35.5. The van der Waals surface area contributed by atoms with Gasteiger partial charge in [-0.15, -0.1) is 24.1 Å². The van der Waals surface area contributed by atoms with Gasteiger partial charge in [-0.1, -0.05) is 82.0 Å². The van der Waals surface area contributed by atoms with Gasteiger partial charge < -0.3 is 15.4 Å². The Hall–Kier alpha value is -2.53. The van der Waals surface area contributed by atoms with Gasteiger partial charge in [-0.2, -0.15) is 5.10 Å². The van der Waals surface area contributed by atoms with E-state index in [1.807, 2.05) is 56.5 Å². The van der Waals surface area contributed by atoms with Crippen LogP contribution in [0.1, 0.15) is 79.2 Å². The van der Waals surface area contributed by atoms with Crippen molar-refractivity contribution >= 4 is 42.3 Å². The maximum atomic E-state index is 13.2. The average molecular weight is 577 g/mol. The SMILES string of the molecule is C#CC.C=NN1CC(C)(C=O)N(Cc2ccccc2Cl)C(=O)/C1=C/CCS/C=C\C.CC.CCCCCCN. The van der Waals surface area contributed by atoms with Crippen LogP contribution in [0, 0.1) is 12.3 Å². The van der Waals surface area contributed by atoms with Gasteiger partial charge in [0.15, 0.2) is 0 Å². The highest BCUT2D eigenvalue weighted by molar-refractivity contribution is 8.02. The minimum atomic E-state index is -1.02. The molecule has 2 N–H and O–H groups in total. The molecule has 6 nitrogen and oxygen atoms in total. The Balaban J connectivity index is 0. The number of halogens is 1. The number of piperazine rings is 1. The molecule has 0 aliphatic carbocycles. The zero-order valence-electron chi connectivity index (χ0n) is 24.8. The molecule has 0 spiro atoms. The highest BCUT2D eigenvalue weighted by Crippen LogP contribution is 2.30. The molecule has 218 valence electrons. The number of thioether (sulfide) groups is 1. The molecule has 1 aliphatic heterocycles. The molecule has 1 aromatic rings. The smallest absolute Gasteiger partial charge is 0.272 e. The van der Waals surface area contributed by atoms with Crippen molar-refractivity contribution in [3.63, 3.8) is 0 Å². The zero-order valence-corrected chi connectivity index (χ0v) is 26.4. The van der Waals surface area contributed by atoms with Gasteiger partial charge in [0.1, 0.15) is 17.5 Å². The number of hydrazone groups is 1. The van der Waals surface area contributed by atoms with E-state index in [1.54, 1.807) is 36.6 Å². The molecule has 8 heteroatoms. The third-order valence-corrected chi connectivity index (χ3v) is 6.71. The van der Waals surface area contributed by atoms with E-state index < -0.39 is 5.54 Å². The number of benzene rings is 1. The Morgan fingerprint density at radius 3 is 2.44 bits per heavy atom. The maximum Gasteiger partial charge on any atom is 0.272 e. The van der Waals surface area contributed by atoms with Crippen LogP contribution in [0.5, 0.6) is 0 Å². The molecule has 1 amide bonds. The molecule has 1 heterocycles. The molecule has 39 heavy (non-hydrogen) atoms. The Labute approximate surface area is 247 Å². The van der Waals surface area contributed by atoms with E-state index >= 15 is 0 Å². The quantitative estimate of drug-likeness (QED) is 0.0929. The molecule has 0 bridgehead atoms. The van der Waals surface area contributed by atoms with Crippen molar-refractivity contribution in [2.75, 3.05) is 18.8 Å². The molecular formula is C31H49ClN4O2S. The first-order chi connectivity index (χ1) is 18.8. The second-order valence-corrected chi connectivity index (χ2v) is 9.93. The van der Waals surface area contributed by atoms with Crippen LogP contribution >= 0.6 is 23.4 Å². The average Bonchev–Trinajstić information content (AvgIpc) is 2.95. The van der Waals surface area contributed by atoms with Crippen LogP contribution in [-0.4, -0.2) is 53.2 Å². The number of nitrogens with zero attached hydrogens (tertiary/aromatic N) is 3. The topological polar surface area (TPSA) is 79.0 Å². The summed E-state index contributed by atoms with van der Waals surface area (Å²) in [6.45, 7) is 16.5. The van der Waals surface area contributed by atoms with Crippen molar-refractivity contribution in [2.24, 2.45) is 10.8 Å². The number of hydrogen-bond donors (Lipinski definition) is 1. The summed E-state index contributed by atoms with van der Waals surface area (Å²) < 4.78 is 0. The first-order valence-electron chi connectivity index (χ1n) is 13.6. The summed E-state index contributed by atoms with van der Waals surface area (Å²) in [5.74, 6) is 2.85. The van der Waals surface area contributed by atoms with E-state index in [4.69, 9.17) is 17.3 Å². The second kappa shape index (κ2) is 24.5. The number of unbranched alkanes of at least 4 members (excludes halogenated alkanes) is 3. The van der Waals surface area contributed by atoms with Crippen molar-refractivity contribution in [1.82, 2.24) is 9.91 Å². The fourth-order valence-electron chi connectivity index (χ4n) is 3.42. The molecule has 0 saturated carbocycles. The molecule has 1 unspecified atom stereocenters. The number of hydrogen-bond acceptors (Lipinski definition) is 6. The lowest BCUT2D eigenvalue weighted by atomic mass is 9.96. The Morgan fingerprint density at radius 1 is 1.28 bits per heavy atom. The lowest BCUT2D eigenvalue weighted by Crippen LogP contribution is -2.61. The van der Waals surface area contributed by atoms with E-state index in [-0.39, 0.29) is 19.0 Å². The predicted molar refractivity (Wildman–Crippen MR) is 172 cm³/mol. The molecule has 1 aliphatic rings. The lowest BCUT2D eigenvalue weighted by Gasteiger charge is -2.45. The zero-order chi connectivity index (χ0) is 30.1. The summed E-state index contributed by atoms with van der Waals surface area (Å²) in [5.41, 5.74) is 5.49. The molecule has 0 aromatic heterocycles. The molecule has 0 radical (unpaired) electrons. The van der Waals surface area contributed by atoms with Crippen LogP contribution in [0.4, 0.5) is 0 Å². The van der Waals surface area contributed by atoms with Crippen molar-refractivity contribution in [1.29, 1.82) is 0 Å². The number of rotatable bonds is 12. The predicted octanol–water partition coefficient (Wildman–Crippen LogP) is 7.29. The van der Waals surface area contributed by atoms with Gasteiger partial charge in [0, 0.05) is 24.0 Å². The van der Waals surface area contributed by atoms with E-state index in [2.05, 4.69) is 31.1 Å². The van der Waals surface area contributed by atoms with Crippen molar-refractivity contribution < 1.29 is 9.59 Å². The lowest BCUT2D eigenvalue weighted by molar-refractivity contribution is -0.145. The Kier molecular flexibility index (Phi) is 24.3. The van der Waals surface area contributed by atoms with Gasteiger partial charge in [-0.25, -0.2) is 0 Å². The van der Waals surface area contributed by atoms with Gasteiger partial charge in [0.25, 0.3) is 5.91 Å². The van der Waals surface area contributed by atoms with Crippen LogP contribution < -0.4 is 5.73 Å².